The van der Waals surface area contributed by atoms with Crippen molar-refractivity contribution in [1.82, 2.24) is 19.7 Å². The second-order valence-electron chi connectivity index (χ2n) is 8.54. The van der Waals surface area contributed by atoms with E-state index >= 15 is 0 Å². The quantitative estimate of drug-likeness (QED) is 0.230. The predicted molar refractivity (Wildman–Crippen MR) is 127 cm³/mol. The fraction of sp³-hybridized carbons (Fsp3) is 0.208. The van der Waals surface area contributed by atoms with Gasteiger partial charge in [-0.15, -0.1) is 10.2 Å². The fourth-order valence-corrected chi connectivity index (χ4v) is 4.76. The first-order chi connectivity index (χ1) is 16.2. The van der Waals surface area contributed by atoms with Gasteiger partial charge < -0.3 is 10.6 Å². The first-order valence-corrected chi connectivity index (χ1v) is 11.1. The van der Waals surface area contributed by atoms with E-state index in [2.05, 4.69) is 63.0 Å². The third kappa shape index (κ3) is 3.11. The van der Waals surface area contributed by atoms with E-state index in [9.17, 15) is 0 Å². The first-order valence-electron chi connectivity index (χ1n) is 11.1. The largest absolute Gasteiger partial charge is 0.468 e. The summed E-state index contributed by atoms with van der Waals surface area (Å²) in [6, 6.07) is 20.8. The highest BCUT2D eigenvalue weighted by molar-refractivity contribution is 6.29. The molecule has 0 bridgehead atoms. The summed E-state index contributed by atoms with van der Waals surface area (Å²) in [5.74, 6) is 6.75. The average Bonchev–Trinajstić information content (AvgIpc) is 3.22. The molecule has 0 unspecified atom stereocenters. The van der Waals surface area contributed by atoms with Crippen LogP contribution in [0.5, 0.6) is 5.88 Å². The highest BCUT2D eigenvalue weighted by Gasteiger charge is 2.39. The summed E-state index contributed by atoms with van der Waals surface area (Å²) in [7, 11) is 1.94. The number of hydrogen-bond donors (Lipinski definition) is 1. The number of nitrogens with zero attached hydrogens (tertiary/aromatic N) is 6. The summed E-state index contributed by atoms with van der Waals surface area (Å²) in [4.78, 5) is 4.98. The van der Waals surface area contributed by atoms with Crippen molar-refractivity contribution in [2.75, 3.05) is 0 Å². The molecule has 2 N–H and O–H groups in total. The van der Waals surface area contributed by atoms with E-state index in [4.69, 9.17) is 15.6 Å². The Labute approximate surface area is 191 Å². The zero-order valence-electron chi connectivity index (χ0n) is 18.3. The second-order valence-corrected chi connectivity index (χ2v) is 8.54. The van der Waals surface area contributed by atoms with E-state index in [0.29, 0.717) is 12.5 Å². The first kappa shape index (κ1) is 19.7. The van der Waals surface area contributed by atoms with Crippen LogP contribution in [-0.4, -0.2) is 27.6 Å². The Kier molecular flexibility index (Phi) is 4.50. The standard InChI is InChI=1S/C24H22BN7O/c25-23-29-28-20-14-33-22-19(32(20)23)13-18(15-5-2-1-3-6-15)21(27-22)16-7-9-17(10-8-16)24(30-31-26)11-4-12-24/h1-3,5-10,13H,4,11-12,14,25H2,(H2,26,30). The summed E-state index contributed by atoms with van der Waals surface area (Å²) >= 11 is 0. The lowest BCUT2D eigenvalue weighted by Gasteiger charge is -2.37. The zero-order valence-corrected chi connectivity index (χ0v) is 18.3. The van der Waals surface area contributed by atoms with Crippen molar-refractivity contribution < 1.29 is 4.74 Å². The number of nitrogens with two attached hydrogens (primary N) is 1. The molecular formula is C24H22BN7O. The lowest BCUT2D eigenvalue weighted by molar-refractivity contribution is 0.242. The van der Waals surface area contributed by atoms with Gasteiger partial charge in [0.2, 0.25) is 5.88 Å². The summed E-state index contributed by atoms with van der Waals surface area (Å²) < 4.78 is 7.99. The molecule has 1 aliphatic carbocycles. The van der Waals surface area contributed by atoms with Gasteiger partial charge in [0.15, 0.2) is 20.3 Å². The molecule has 0 amide bonds. The van der Waals surface area contributed by atoms with Crippen molar-refractivity contribution in [3.8, 4) is 34.0 Å². The lowest BCUT2D eigenvalue weighted by Crippen LogP contribution is -2.31. The summed E-state index contributed by atoms with van der Waals surface area (Å²) in [6.45, 7) is 0.344. The van der Waals surface area contributed by atoms with Gasteiger partial charge in [-0.25, -0.2) is 4.98 Å². The third-order valence-electron chi connectivity index (χ3n) is 6.65. The monoisotopic (exact) mass is 435 g/mol. The van der Waals surface area contributed by atoms with Gasteiger partial charge in [-0.2, -0.15) is 5.11 Å². The number of aromatic nitrogens is 4. The number of hydrogen-bond acceptors (Lipinski definition) is 6. The number of fused-ring (bicyclic) bond motifs is 3. The van der Waals surface area contributed by atoms with Crippen LogP contribution in [0.3, 0.4) is 0 Å². The minimum Gasteiger partial charge on any atom is -0.468 e. The average molecular weight is 435 g/mol. The molecule has 1 aliphatic heterocycles. The van der Waals surface area contributed by atoms with Crippen molar-refractivity contribution in [1.29, 1.82) is 0 Å². The summed E-state index contributed by atoms with van der Waals surface area (Å²) in [6.07, 6.45) is 3.06. The van der Waals surface area contributed by atoms with Crippen molar-refractivity contribution >= 4 is 13.6 Å². The number of rotatable bonds is 4. The Balaban J connectivity index is 1.50. The van der Waals surface area contributed by atoms with Gasteiger partial charge in [0, 0.05) is 11.1 Å². The molecule has 2 aliphatic rings. The van der Waals surface area contributed by atoms with Crippen LogP contribution in [-0.2, 0) is 12.1 Å². The van der Waals surface area contributed by atoms with Gasteiger partial charge in [-0.3, -0.25) is 4.57 Å². The van der Waals surface area contributed by atoms with Crippen molar-refractivity contribution in [3.63, 3.8) is 0 Å². The van der Waals surface area contributed by atoms with Gasteiger partial charge in [-0.05, 0) is 36.5 Å². The molecule has 0 saturated heterocycles. The van der Waals surface area contributed by atoms with Crippen LogP contribution >= 0.6 is 0 Å². The molecule has 0 spiro atoms. The van der Waals surface area contributed by atoms with Gasteiger partial charge >= 0.3 is 0 Å². The molecule has 8 nitrogen and oxygen atoms in total. The van der Waals surface area contributed by atoms with E-state index in [1.54, 1.807) is 0 Å². The molecule has 6 rings (SSSR count). The number of ether oxygens (including phenoxy) is 1. The summed E-state index contributed by atoms with van der Waals surface area (Å²) in [5.41, 5.74) is 6.49. The van der Waals surface area contributed by atoms with Crippen molar-refractivity contribution in [2.45, 2.75) is 31.4 Å². The highest BCUT2D eigenvalue weighted by Crippen LogP contribution is 2.46. The fourth-order valence-electron chi connectivity index (χ4n) is 4.76. The number of benzene rings is 2. The Morgan fingerprint density at radius 3 is 2.48 bits per heavy atom. The van der Waals surface area contributed by atoms with E-state index in [-0.39, 0.29) is 5.54 Å². The Morgan fingerprint density at radius 2 is 1.79 bits per heavy atom. The van der Waals surface area contributed by atoms with E-state index in [1.165, 1.54) is 0 Å². The summed E-state index contributed by atoms with van der Waals surface area (Å²) in [5, 5.41) is 16.4. The third-order valence-corrected chi connectivity index (χ3v) is 6.65. The maximum Gasteiger partial charge on any atom is 0.239 e. The molecule has 9 heteroatoms. The molecule has 0 atom stereocenters. The van der Waals surface area contributed by atoms with Crippen molar-refractivity contribution in [3.05, 3.63) is 72.1 Å². The maximum absolute atomic E-state index is 5.98. The molecule has 33 heavy (non-hydrogen) atoms. The van der Waals surface area contributed by atoms with Crippen LogP contribution in [0.15, 0.2) is 71.0 Å². The number of pyridine rings is 1. The SMILES string of the molecule is Bc1nnc2n1-c1cc(-c3ccccc3)c(-c3ccc(C4(N=NN)CCC4)cc3)nc1OC2. The molecule has 1 saturated carbocycles. The van der Waals surface area contributed by atoms with E-state index in [1.807, 2.05) is 30.6 Å². The van der Waals surface area contributed by atoms with Crippen LogP contribution in [0, 0.1) is 0 Å². The lowest BCUT2D eigenvalue weighted by atomic mass is 9.72. The smallest absolute Gasteiger partial charge is 0.239 e. The van der Waals surface area contributed by atoms with Gasteiger partial charge in [0.1, 0.15) is 11.2 Å². The highest BCUT2D eigenvalue weighted by atomic mass is 16.5. The Hall–Kier alpha value is -4.01. The van der Waals surface area contributed by atoms with Gasteiger partial charge in [0.25, 0.3) is 0 Å². The Morgan fingerprint density at radius 1 is 1.00 bits per heavy atom. The minimum absolute atomic E-state index is 0.287. The molecule has 3 heterocycles. The van der Waals surface area contributed by atoms with Crippen molar-refractivity contribution in [2.24, 2.45) is 16.2 Å². The normalized spacial score (nSPS) is 16.0. The molecule has 2 aromatic heterocycles. The van der Waals surface area contributed by atoms with E-state index < -0.39 is 0 Å². The van der Waals surface area contributed by atoms with Crippen LogP contribution in [0.25, 0.3) is 28.1 Å². The molecule has 162 valence electrons. The van der Waals surface area contributed by atoms with Gasteiger partial charge in [0.05, 0.1) is 11.4 Å². The zero-order chi connectivity index (χ0) is 22.4. The topological polar surface area (TPSA) is 104 Å². The second kappa shape index (κ2) is 7.55. The van der Waals surface area contributed by atoms with Gasteiger partial charge in [-0.1, -0.05) is 59.8 Å². The molecule has 2 aromatic carbocycles. The van der Waals surface area contributed by atoms with Crippen LogP contribution in [0.1, 0.15) is 30.7 Å². The minimum atomic E-state index is -0.287. The van der Waals surface area contributed by atoms with Crippen LogP contribution in [0.4, 0.5) is 0 Å². The van der Waals surface area contributed by atoms with Crippen LogP contribution in [0.2, 0.25) is 0 Å². The Bertz CT molecular complexity index is 1360. The maximum atomic E-state index is 5.98. The molecule has 0 radical (unpaired) electrons. The van der Waals surface area contributed by atoms with Crippen LogP contribution < -0.4 is 16.3 Å². The predicted octanol–water partition coefficient (Wildman–Crippen LogP) is 2.85. The molecule has 1 fully saturated rings. The molecular weight excluding hydrogens is 413 g/mol. The molecule has 4 aromatic rings. The van der Waals surface area contributed by atoms with E-state index in [0.717, 1.165) is 64.4 Å².